The number of nitrogens with zero attached hydrogens (tertiary/aromatic N) is 2. The number of rotatable bonds is 4. The standard InChI is InChI=1S/C20H17BrN2O4/c1-11-18(20(25)26-2)16-8-15(5-6-17(16)23(11)14-3-4-14)27-19(24)12-7-13(21)10-22-9-12/h5-10,14H,3-4H2,1-2H3. The molecule has 2 aromatic heterocycles. The molecular formula is C20H17BrN2O4. The number of methoxy groups -OCH3 is 1. The van der Waals surface area contributed by atoms with Gasteiger partial charge in [0.05, 0.1) is 18.2 Å². The van der Waals surface area contributed by atoms with Crippen LogP contribution in [0.25, 0.3) is 10.9 Å². The maximum absolute atomic E-state index is 12.4. The third-order valence-corrected chi connectivity index (χ3v) is 5.11. The van der Waals surface area contributed by atoms with E-state index in [1.165, 1.54) is 13.3 Å². The first-order chi connectivity index (χ1) is 13.0. The van der Waals surface area contributed by atoms with Crippen molar-refractivity contribution in [2.45, 2.75) is 25.8 Å². The molecule has 4 rings (SSSR count). The normalized spacial score (nSPS) is 13.6. The second-order valence-corrected chi connectivity index (χ2v) is 7.43. The summed E-state index contributed by atoms with van der Waals surface area (Å²) in [4.78, 5) is 28.7. The molecule has 6 nitrogen and oxygen atoms in total. The van der Waals surface area contributed by atoms with E-state index in [0.717, 1.165) is 29.4 Å². The summed E-state index contributed by atoms with van der Waals surface area (Å²) in [7, 11) is 1.37. The van der Waals surface area contributed by atoms with Gasteiger partial charge in [-0.2, -0.15) is 0 Å². The number of hydrogen-bond acceptors (Lipinski definition) is 5. The fraction of sp³-hybridized carbons (Fsp3) is 0.250. The van der Waals surface area contributed by atoms with Crippen molar-refractivity contribution in [1.29, 1.82) is 0 Å². The molecule has 2 heterocycles. The van der Waals surface area contributed by atoms with Gasteiger partial charge in [0.1, 0.15) is 5.75 Å². The van der Waals surface area contributed by atoms with Gasteiger partial charge in [-0.25, -0.2) is 9.59 Å². The van der Waals surface area contributed by atoms with Crippen LogP contribution in [0.15, 0.2) is 41.1 Å². The molecule has 0 N–H and O–H groups in total. The lowest BCUT2D eigenvalue weighted by molar-refractivity contribution is 0.0601. The minimum absolute atomic E-state index is 0.337. The summed E-state index contributed by atoms with van der Waals surface area (Å²) in [5.74, 6) is -0.539. The van der Waals surface area contributed by atoms with E-state index in [2.05, 4.69) is 25.5 Å². The Hall–Kier alpha value is -2.67. The van der Waals surface area contributed by atoms with Crippen LogP contribution in [-0.4, -0.2) is 28.6 Å². The third-order valence-electron chi connectivity index (χ3n) is 4.67. The van der Waals surface area contributed by atoms with Crippen LogP contribution in [0.2, 0.25) is 0 Å². The molecule has 0 unspecified atom stereocenters. The van der Waals surface area contributed by atoms with Gasteiger partial charge >= 0.3 is 11.9 Å². The Morgan fingerprint density at radius 2 is 1.96 bits per heavy atom. The van der Waals surface area contributed by atoms with Crippen LogP contribution in [0.5, 0.6) is 5.75 Å². The zero-order valence-electron chi connectivity index (χ0n) is 14.9. The van der Waals surface area contributed by atoms with Gasteiger partial charge in [0.15, 0.2) is 0 Å². The number of hydrogen-bond donors (Lipinski definition) is 0. The van der Waals surface area contributed by atoms with Gasteiger partial charge in [-0.05, 0) is 60.0 Å². The molecule has 0 atom stereocenters. The van der Waals surface area contributed by atoms with Gasteiger partial charge in [0, 0.05) is 39.5 Å². The Labute approximate surface area is 164 Å². The SMILES string of the molecule is COC(=O)c1c(C)n(C2CC2)c2ccc(OC(=O)c3cncc(Br)c3)cc12. The molecule has 0 radical (unpaired) electrons. The number of halogens is 1. The van der Waals surface area contributed by atoms with Gasteiger partial charge in [-0.3, -0.25) is 4.98 Å². The van der Waals surface area contributed by atoms with Crippen LogP contribution < -0.4 is 4.74 Å². The molecule has 1 aliphatic carbocycles. The number of carbonyl (C=O) groups is 2. The van der Waals surface area contributed by atoms with Crippen molar-refractivity contribution in [2.75, 3.05) is 7.11 Å². The van der Waals surface area contributed by atoms with Crippen LogP contribution in [0.1, 0.15) is 45.3 Å². The molecule has 0 bridgehead atoms. The number of esters is 2. The lowest BCUT2D eigenvalue weighted by atomic mass is 10.1. The third kappa shape index (κ3) is 3.23. The first-order valence-electron chi connectivity index (χ1n) is 8.55. The van der Waals surface area contributed by atoms with Crippen molar-refractivity contribution in [3.05, 3.63) is 58.0 Å². The van der Waals surface area contributed by atoms with Crippen molar-refractivity contribution in [3.8, 4) is 5.75 Å². The zero-order chi connectivity index (χ0) is 19.1. The minimum atomic E-state index is -0.513. The molecule has 1 aromatic carbocycles. The number of ether oxygens (including phenoxy) is 2. The van der Waals surface area contributed by atoms with E-state index >= 15 is 0 Å². The summed E-state index contributed by atoms with van der Waals surface area (Å²) in [5.41, 5.74) is 2.67. The van der Waals surface area contributed by atoms with E-state index in [0.29, 0.717) is 27.4 Å². The molecular weight excluding hydrogens is 412 g/mol. The van der Waals surface area contributed by atoms with Gasteiger partial charge in [0.2, 0.25) is 0 Å². The monoisotopic (exact) mass is 428 g/mol. The van der Waals surface area contributed by atoms with Crippen molar-refractivity contribution in [3.63, 3.8) is 0 Å². The van der Waals surface area contributed by atoms with Gasteiger partial charge in [0.25, 0.3) is 0 Å². The summed E-state index contributed by atoms with van der Waals surface area (Å²) in [6.07, 6.45) is 5.23. The van der Waals surface area contributed by atoms with Crippen molar-refractivity contribution in [1.82, 2.24) is 9.55 Å². The highest BCUT2D eigenvalue weighted by atomic mass is 79.9. The average Bonchev–Trinajstić information content (AvgIpc) is 3.44. The Balaban J connectivity index is 1.75. The summed E-state index contributed by atoms with van der Waals surface area (Å²) in [6.45, 7) is 1.92. The summed E-state index contributed by atoms with van der Waals surface area (Å²) >= 11 is 3.29. The maximum Gasteiger partial charge on any atom is 0.345 e. The number of carbonyl (C=O) groups excluding carboxylic acids is 2. The lowest BCUT2D eigenvalue weighted by Gasteiger charge is -2.07. The van der Waals surface area contributed by atoms with E-state index in [-0.39, 0.29) is 0 Å². The van der Waals surface area contributed by atoms with Gasteiger partial charge in [-0.1, -0.05) is 0 Å². The molecule has 7 heteroatoms. The molecule has 1 aliphatic rings. The molecule has 1 saturated carbocycles. The Bertz CT molecular complexity index is 1070. The highest BCUT2D eigenvalue weighted by molar-refractivity contribution is 9.10. The van der Waals surface area contributed by atoms with E-state index < -0.39 is 11.9 Å². The van der Waals surface area contributed by atoms with Crippen molar-refractivity contribution < 1.29 is 19.1 Å². The van der Waals surface area contributed by atoms with Gasteiger partial charge in [-0.15, -0.1) is 0 Å². The first-order valence-corrected chi connectivity index (χ1v) is 9.34. The number of aromatic nitrogens is 2. The second kappa shape index (κ2) is 6.81. The van der Waals surface area contributed by atoms with Crippen molar-refractivity contribution in [2.24, 2.45) is 0 Å². The van der Waals surface area contributed by atoms with E-state index in [1.54, 1.807) is 24.4 Å². The highest BCUT2D eigenvalue weighted by Crippen LogP contribution is 2.42. The Morgan fingerprint density at radius 1 is 1.19 bits per heavy atom. The van der Waals surface area contributed by atoms with Crippen LogP contribution >= 0.6 is 15.9 Å². The lowest BCUT2D eigenvalue weighted by Crippen LogP contribution is -2.09. The predicted molar refractivity (Wildman–Crippen MR) is 103 cm³/mol. The topological polar surface area (TPSA) is 70.4 Å². The average molecular weight is 429 g/mol. The Kier molecular flexibility index (Phi) is 4.47. The van der Waals surface area contributed by atoms with Crippen molar-refractivity contribution >= 4 is 38.8 Å². The highest BCUT2D eigenvalue weighted by Gasteiger charge is 2.30. The summed E-state index contributed by atoms with van der Waals surface area (Å²) < 4.78 is 13.3. The smallest absolute Gasteiger partial charge is 0.345 e. The number of fused-ring (bicyclic) bond motifs is 1. The quantitative estimate of drug-likeness (QED) is 0.453. The molecule has 0 spiro atoms. The van der Waals surface area contributed by atoms with E-state index in [1.807, 2.05) is 13.0 Å². The zero-order valence-corrected chi connectivity index (χ0v) is 16.4. The van der Waals surface area contributed by atoms with E-state index in [9.17, 15) is 9.59 Å². The molecule has 27 heavy (non-hydrogen) atoms. The summed E-state index contributed by atoms with van der Waals surface area (Å²) in [6, 6.07) is 7.39. The largest absolute Gasteiger partial charge is 0.465 e. The fourth-order valence-corrected chi connectivity index (χ4v) is 3.70. The number of benzene rings is 1. The van der Waals surface area contributed by atoms with Crippen LogP contribution in [-0.2, 0) is 4.74 Å². The fourth-order valence-electron chi connectivity index (χ4n) is 3.34. The minimum Gasteiger partial charge on any atom is -0.465 e. The summed E-state index contributed by atoms with van der Waals surface area (Å²) in [5, 5.41) is 0.726. The molecule has 1 fully saturated rings. The van der Waals surface area contributed by atoms with Crippen LogP contribution in [0, 0.1) is 6.92 Å². The Morgan fingerprint density at radius 3 is 2.63 bits per heavy atom. The predicted octanol–water partition coefficient (Wildman–Crippen LogP) is 4.45. The molecule has 0 saturated heterocycles. The van der Waals surface area contributed by atoms with Crippen LogP contribution in [0.3, 0.4) is 0 Å². The van der Waals surface area contributed by atoms with E-state index in [4.69, 9.17) is 9.47 Å². The molecule has 138 valence electrons. The number of pyridine rings is 1. The molecule has 3 aromatic rings. The van der Waals surface area contributed by atoms with Crippen LogP contribution in [0.4, 0.5) is 0 Å². The van der Waals surface area contributed by atoms with Gasteiger partial charge < -0.3 is 14.0 Å². The first kappa shape index (κ1) is 17.7. The molecule has 0 amide bonds. The second-order valence-electron chi connectivity index (χ2n) is 6.51. The molecule has 0 aliphatic heterocycles. The maximum atomic E-state index is 12.4.